The number of halogens is 1. The van der Waals surface area contributed by atoms with Gasteiger partial charge in [0.25, 0.3) is 0 Å². The van der Waals surface area contributed by atoms with Crippen LogP contribution in [-0.4, -0.2) is 22.1 Å². The van der Waals surface area contributed by atoms with Gasteiger partial charge in [-0.3, -0.25) is 0 Å². The summed E-state index contributed by atoms with van der Waals surface area (Å²) in [5, 5.41) is 12.3. The maximum absolute atomic E-state index is 11.0. The number of nitrogens with one attached hydrogen (secondary N) is 1. The Labute approximate surface area is 122 Å². The molecule has 0 aliphatic heterocycles. The predicted molar refractivity (Wildman–Crippen MR) is 79.4 cm³/mol. The van der Waals surface area contributed by atoms with Gasteiger partial charge >= 0.3 is 5.97 Å². The molecule has 0 aliphatic rings. The fourth-order valence-corrected chi connectivity index (χ4v) is 2.14. The first-order valence-electron chi connectivity index (χ1n) is 6.25. The highest BCUT2D eigenvalue weighted by atomic mass is 35.5. The van der Waals surface area contributed by atoms with E-state index in [0.29, 0.717) is 5.82 Å². The van der Waals surface area contributed by atoms with Crippen molar-refractivity contribution in [1.29, 1.82) is 0 Å². The van der Waals surface area contributed by atoms with Crippen LogP contribution in [0.2, 0.25) is 5.02 Å². The fraction of sp³-hybridized carbons (Fsp3) is 0.200. The van der Waals surface area contributed by atoms with Crippen molar-refractivity contribution in [3.05, 3.63) is 58.7 Å². The van der Waals surface area contributed by atoms with E-state index in [2.05, 4.69) is 22.4 Å². The lowest BCUT2D eigenvalue weighted by Gasteiger charge is -2.15. The summed E-state index contributed by atoms with van der Waals surface area (Å²) in [6.45, 7) is 2.02. The van der Waals surface area contributed by atoms with Crippen molar-refractivity contribution in [2.75, 3.05) is 5.32 Å². The van der Waals surface area contributed by atoms with Gasteiger partial charge in [-0.05, 0) is 25.0 Å². The number of aromatic carboxylic acids is 1. The zero-order chi connectivity index (χ0) is 14.5. The third-order valence-corrected chi connectivity index (χ3v) is 3.17. The maximum Gasteiger partial charge on any atom is 0.337 e. The number of anilines is 1. The second-order valence-corrected chi connectivity index (χ2v) is 5.00. The summed E-state index contributed by atoms with van der Waals surface area (Å²) in [6, 6.07) is 11.6. The molecule has 5 heteroatoms. The molecular weight excluding hydrogens is 276 g/mol. The van der Waals surface area contributed by atoms with Gasteiger partial charge in [0.05, 0.1) is 10.6 Å². The van der Waals surface area contributed by atoms with Crippen molar-refractivity contribution in [3.8, 4) is 0 Å². The van der Waals surface area contributed by atoms with E-state index in [1.54, 1.807) is 0 Å². The van der Waals surface area contributed by atoms with Crippen LogP contribution in [-0.2, 0) is 6.42 Å². The Balaban J connectivity index is 2.06. The highest BCUT2D eigenvalue weighted by molar-refractivity contribution is 6.33. The summed E-state index contributed by atoms with van der Waals surface area (Å²) >= 11 is 5.79. The van der Waals surface area contributed by atoms with Gasteiger partial charge in [0.1, 0.15) is 5.82 Å². The molecule has 1 aromatic carbocycles. The molecule has 1 unspecified atom stereocenters. The molecule has 0 saturated carbocycles. The number of rotatable bonds is 5. The van der Waals surface area contributed by atoms with Gasteiger partial charge in [-0.25, -0.2) is 9.78 Å². The van der Waals surface area contributed by atoms with Gasteiger partial charge in [0.2, 0.25) is 0 Å². The topological polar surface area (TPSA) is 62.2 Å². The van der Waals surface area contributed by atoms with Crippen LogP contribution in [0.3, 0.4) is 0 Å². The van der Waals surface area contributed by atoms with Crippen LogP contribution in [0.15, 0.2) is 42.6 Å². The summed E-state index contributed by atoms with van der Waals surface area (Å²) < 4.78 is 0. The number of hydrogen-bond donors (Lipinski definition) is 2. The third-order valence-electron chi connectivity index (χ3n) is 2.86. The second kappa shape index (κ2) is 6.39. The lowest BCUT2D eigenvalue weighted by atomic mass is 10.1. The van der Waals surface area contributed by atoms with E-state index in [9.17, 15) is 4.79 Å². The van der Waals surface area contributed by atoms with Crippen molar-refractivity contribution in [1.82, 2.24) is 4.98 Å². The van der Waals surface area contributed by atoms with Crippen LogP contribution in [0, 0.1) is 0 Å². The zero-order valence-corrected chi connectivity index (χ0v) is 11.8. The quantitative estimate of drug-likeness (QED) is 0.885. The smallest absolute Gasteiger partial charge is 0.337 e. The Morgan fingerprint density at radius 3 is 2.75 bits per heavy atom. The van der Waals surface area contributed by atoms with Gasteiger partial charge in [0, 0.05) is 12.2 Å². The first-order chi connectivity index (χ1) is 9.56. The minimum absolute atomic E-state index is 0.0519. The molecule has 0 fully saturated rings. The van der Waals surface area contributed by atoms with Crippen LogP contribution in [0.25, 0.3) is 0 Å². The second-order valence-electron chi connectivity index (χ2n) is 4.59. The van der Waals surface area contributed by atoms with Crippen molar-refractivity contribution in [3.63, 3.8) is 0 Å². The number of carboxylic acid groups (broad SMARTS) is 1. The standard InChI is InChI=1S/C15H15ClN2O2/c1-10(7-11-5-3-2-4-6-11)18-14-8-12(15(19)20)13(16)9-17-14/h2-6,8-10H,7H2,1H3,(H,17,18)(H,19,20). The minimum Gasteiger partial charge on any atom is -0.478 e. The monoisotopic (exact) mass is 290 g/mol. The van der Waals surface area contributed by atoms with Crippen LogP contribution < -0.4 is 5.32 Å². The van der Waals surface area contributed by atoms with Crippen LogP contribution in [0.4, 0.5) is 5.82 Å². The molecule has 0 bridgehead atoms. The number of benzene rings is 1. The molecule has 104 valence electrons. The normalized spacial score (nSPS) is 11.9. The zero-order valence-electron chi connectivity index (χ0n) is 11.0. The largest absolute Gasteiger partial charge is 0.478 e. The van der Waals surface area contributed by atoms with Crippen molar-refractivity contribution >= 4 is 23.4 Å². The SMILES string of the molecule is CC(Cc1ccccc1)Nc1cc(C(=O)O)c(Cl)cn1. The molecule has 0 radical (unpaired) electrons. The molecule has 0 amide bonds. The van der Waals surface area contributed by atoms with Crippen molar-refractivity contribution in [2.24, 2.45) is 0 Å². The summed E-state index contributed by atoms with van der Waals surface area (Å²) in [5.41, 5.74) is 1.26. The molecule has 2 aromatic rings. The van der Waals surface area contributed by atoms with E-state index in [0.717, 1.165) is 6.42 Å². The minimum atomic E-state index is -1.06. The van der Waals surface area contributed by atoms with Gasteiger partial charge < -0.3 is 10.4 Å². The summed E-state index contributed by atoms with van der Waals surface area (Å²) in [5.74, 6) is -0.550. The van der Waals surface area contributed by atoms with E-state index < -0.39 is 5.97 Å². The first-order valence-corrected chi connectivity index (χ1v) is 6.63. The van der Waals surface area contributed by atoms with Crippen LogP contribution in [0.5, 0.6) is 0 Å². The molecular formula is C15H15ClN2O2. The Bertz CT molecular complexity index is 602. The van der Waals surface area contributed by atoms with Crippen molar-refractivity contribution < 1.29 is 9.90 Å². The maximum atomic E-state index is 11.0. The number of carbonyl (C=O) groups is 1. The predicted octanol–water partition coefficient (Wildman–Crippen LogP) is 3.48. The molecule has 4 nitrogen and oxygen atoms in total. The van der Waals surface area contributed by atoms with E-state index in [1.807, 2.05) is 25.1 Å². The van der Waals surface area contributed by atoms with Crippen molar-refractivity contribution in [2.45, 2.75) is 19.4 Å². The molecule has 1 aromatic heterocycles. The third kappa shape index (κ3) is 3.71. The number of aromatic nitrogens is 1. The van der Waals surface area contributed by atoms with E-state index >= 15 is 0 Å². The lowest BCUT2D eigenvalue weighted by Crippen LogP contribution is -2.19. The Hall–Kier alpha value is -2.07. The average Bonchev–Trinajstić information content (AvgIpc) is 2.41. The lowest BCUT2D eigenvalue weighted by molar-refractivity contribution is 0.0697. The fourth-order valence-electron chi connectivity index (χ4n) is 1.95. The van der Waals surface area contributed by atoms with Gasteiger partial charge in [-0.15, -0.1) is 0 Å². The molecule has 2 rings (SSSR count). The van der Waals surface area contributed by atoms with Gasteiger partial charge in [0.15, 0.2) is 0 Å². The van der Waals surface area contributed by atoms with E-state index in [4.69, 9.17) is 16.7 Å². The average molecular weight is 291 g/mol. The molecule has 2 N–H and O–H groups in total. The number of pyridine rings is 1. The highest BCUT2D eigenvalue weighted by Crippen LogP contribution is 2.18. The van der Waals surface area contributed by atoms with Gasteiger partial charge in [-0.1, -0.05) is 41.9 Å². The molecule has 0 saturated heterocycles. The van der Waals surface area contributed by atoms with Gasteiger partial charge in [-0.2, -0.15) is 0 Å². The Morgan fingerprint density at radius 2 is 2.10 bits per heavy atom. The van der Waals surface area contributed by atoms with Crippen LogP contribution in [0.1, 0.15) is 22.8 Å². The summed E-state index contributed by atoms with van der Waals surface area (Å²) in [6.07, 6.45) is 2.18. The number of carboxylic acids is 1. The molecule has 1 atom stereocenters. The highest BCUT2D eigenvalue weighted by Gasteiger charge is 2.11. The Morgan fingerprint density at radius 1 is 1.40 bits per heavy atom. The van der Waals surface area contributed by atoms with E-state index in [1.165, 1.54) is 17.8 Å². The number of hydrogen-bond acceptors (Lipinski definition) is 3. The summed E-state index contributed by atoms with van der Waals surface area (Å²) in [4.78, 5) is 15.1. The van der Waals surface area contributed by atoms with Crippen LogP contribution >= 0.6 is 11.6 Å². The number of nitrogens with zero attached hydrogens (tertiary/aromatic N) is 1. The van der Waals surface area contributed by atoms with E-state index in [-0.39, 0.29) is 16.6 Å². The Kier molecular flexibility index (Phi) is 4.58. The molecule has 1 heterocycles. The molecule has 20 heavy (non-hydrogen) atoms. The first kappa shape index (κ1) is 14.3. The molecule has 0 aliphatic carbocycles. The molecule has 0 spiro atoms. The summed E-state index contributed by atoms with van der Waals surface area (Å²) in [7, 11) is 0.